The number of halogens is 1. The van der Waals surface area contributed by atoms with Crippen LogP contribution in [0.15, 0.2) is 22.7 Å². The number of esters is 1. The van der Waals surface area contributed by atoms with Crippen LogP contribution in [0.5, 0.6) is 5.75 Å². The van der Waals surface area contributed by atoms with Crippen LogP contribution in [0.1, 0.15) is 108 Å². The van der Waals surface area contributed by atoms with E-state index in [1.54, 1.807) is 0 Å². The monoisotopic (exact) mass is 492 g/mol. The van der Waals surface area contributed by atoms with Crippen LogP contribution in [0.25, 0.3) is 0 Å². The second-order valence-electron chi connectivity index (χ2n) is 9.71. The number of carbonyl (C=O) groups excluding carboxylic acids is 1. The number of hydrogen-bond donors (Lipinski definition) is 0. The third-order valence-corrected chi connectivity index (χ3v) is 8.02. The lowest BCUT2D eigenvalue weighted by Crippen LogP contribution is -2.29. The maximum Gasteiger partial charge on any atom is 0.338 e. The first-order chi connectivity index (χ1) is 15.1. The minimum Gasteiger partial charge on any atom is -0.492 e. The summed E-state index contributed by atoms with van der Waals surface area (Å²) in [6, 6.07) is 5.48. The van der Waals surface area contributed by atoms with Crippen molar-refractivity contribution >= 4 is 21.9 Å². The van der Waals surface area contributed by atoms with Crippen molar-refractivity contribution in [1.29, 1.82) is 0 Å². The zero-order chi connectivity index (χ0) is 22.1. The van der Waals surface area contributed by atoms with Crippen LogP contribution in [0.2, 0.25) is 0 Å². The summed E-state index contributed by atoms with van der Waals surface area (Å²) in [4.78, 5) is 12.6. The Labute approximate surface area is 197 Å². The van der Waals surface area contributed by atoms with Crippen LogP contribution in [-0.2, 0) is 4.74 Å². The van der Waals surface area contributed by atoms with E-state index in [1.165, 1.54) is 64.2 Å². The van der Waals surface area contributed by atoms with E-state index in [1.807, 2.05) is 18.2 Å². The van der Waals surface area contributed by atoms with Gasteiger partial charge in [-0.05, 0) is 96.8 Å². The molecule has 0 aliphatic heterocycles. The molecule has 2 fully saturated rings. The number of hydrogen-bond acceptors (Lipinski definition) is 3. The van der Waals surface area contributed by atoms with Crippen molar-refractivity contribution in [3.63, 3.8) is 0 Å². The van der Waals surface area contributed by atoms with Gasteiger partial charge in [0.15, 0.2) is 0 Å². The van der Waals surface area contributed by atoms with Gasteiger partial charge in [-0.3, -0.25) is 0 Å². The number of ether oxygens (including phenoxy) is 2. The largest absolute Gasteiger partial charge is 0.492 e. The normalized spacial score (nSPS) is 26.4. The van der Waals surface area contributed by atoms with E-state index in [2.05, 4.69) is 29.8 Å². The third kappa shape index (κ3) is 7.51. The van der Waals surface area contributed by atoms with Crippen molar-refractivity contribution < 1.29 is 14.3 Å². The Morgan fingerprint density at radius 1 is 0.935 bits per heavy atom. The number of benzene rings is 1. The van der Waals surface area contributed by atoms with Crippen molar-refractivity contribution in [2.75, 3.05) is 6.61 Å². The van der Waals surface area contributed by atoms with Gasteiger partial charge in [0.25, 0.3) is 0 Å². The molecule has 0 amide bonds. The summed E-state index contributed by atoms with van der Waals surface area (Å²) in [7, 11) is 0. The smallest absolute Gasteiger partial charge is 0.338 e. The Kier molecular flexibility index (Phi) is 10.2. The van der Waals surface area contributed by atoms with E-state index in [-0.39, 0.29) is 12.1 Å². The molecule has 3 nitrogen and oxygen atoms in total. The molecule has 0 spiro atoms. The zero-order valence-electron chi connectivity index (χ0n) is 19.5. The van der Waals surface area contributed by atoms with Gasteiger partial charge in [-0.15, -0.1) is 0 Å². The molecule has 0 radical (unpaired) electrons. The SMILES string of the molecule is CCCCCC1CCC(C2CCC(OC(=O)c3ccc(OCCC)c(Br)c3)CC2)CC1. The highest BCUT2D eigenvalue weighted by atomic mass is 79.9. The Morgan fingerprint density at radius 2 is 1.61 bits per heavy atom. The molecule has 1 aromatic rings. The van der Waals surface area contributed by atoms with Gasteiger partial charge in [-0.2, -0.15) is 0 Å². The van der Waals surface area contributed by atoms with Gasteiger partial charge in [0.1, 0.15) is 11.9 Å². The van der Waals surface area contributed by atoms with Gasteiger partial charge in [0.2, 0.25) is 0 Å². The van der Waals surface area contributed by atoms with Crippen LogP contribution in [0, 0.1) is 17.8 Å². The van der Waals surface area contributed by atoms with Crippen LogP contribution >= 0.6 is 15.9 Å². The molecule has 0 atom stereocenters. The maximum atomic E-state index is 12.6. The Balaban J connectivity index is 1.39. The van der Waals surface area contributed by atoms with Gasteiger partial charge >= 0.3 is 5.97 Å². The minimum atomic E-state index is -0.209. The molecule has 0 aromatic heterocycles. The van der Waals surface area contributed by atoms with Gasteiger partial charge < -0.3 is 9.47 Å². The van der Waals surface area contributed by atoms with Gasteiger partial charge in [0, 0.05) is 0 Å². The second-order valence-corrected chi connectivity index (χ2v) is 10.6. The first kappa shape index (κ1) is 24.6. The highest BCUT2D eigenvalue weighted by molar-refractivity contribution is 9.10. The summed E-state index contributed by atoms with van der Waals surface area (Å²) in [6.45, 7) is 5.04. The lowest BCUT2D eigenvalue weighted by Gasteiger charge is -2.37. The molecular weight excluding hydrogens is 452 g/mol. The van der Waals surface area contributed by atoms with Gasteiger partial charge in [0.05, 0.1) is 16.6 Å². The fraction of sp³-hybridized carbons (Fsp3) is 0.741. The van der Waals surface area contributed by atoms with E-state index in [9.17, 15) is 4.79 Å². The standard InChI is InChI=1S/C27H41BrO3/c1-3-5-6-7-20-8-10-21(11-9-20)22-12-15-24(16-13-22)31-27(29)23-14-17-26(25(28)19-23)30-18-4-2/h14,17,19-22,24H,3-13,15-16,18H2,1-2H3. The van der Waals surface area contributed by atoms with Crippen molar-refractivity contribution in [2.24, 2.45) is 17.8 Å². The fourth-order valence-electron chi connectivity index (χ4n) is 5.49. The van der Waals surface area contributed by atoms with E-state index in [0.717, 1.165) is 47.2 Å². The molecule has 2 aliphatic rings. The minimum absolute atomic E-state index is 0.0731. The highest BCUT2D eigenvalue weighted by Crippen LogP contribution is 2.41. The quantitative estimate of drug-likeness (QED) is 0.243. The van der Waals surface area contributed by atoms with Crippen molar-refractivity contribution in [3.05, 3.63) is 28.2 Å². The second kappa shape index (κ2) is 12.9. The fourth-order valence-corrected chi connectivity index (χ4v) is 5.98. The van der Waals surface area contributed by atoms with Crippen LogP contribution in [-0.4, -0.2) is 18.7 Å². The molecule has 31 heavy (non-hydrogen) atoms. The molecule has 0 bridgehead atoms. The molecule has 0 heterocycles. The average molecular weight is 494 g/mol. The summed E-state index contributed by atoms with van der Waals surface area (Å²) >= 11 is 3.51. The van der Waals surface area contributed by atoms with Crippen molar-refractivity contribution in [3.8, 4) is 5.75 Å². The molecule has 174 valence electrons. The number of unbranched alkanes of at least 4 members (excludes halogenated alkanes) is 2. The van der Waals surface area contributed by atoms with Gasteiger partial charge in [-0.25, -0.2) is 4.79 Å². The molecule has 0 unspecified atom stereocenters. The molecule has 0 N–H and O–H groups in total. The van der Waals surface area contributed by atoms with Crippen LogP contribution in [0.3, 0.4) is 0 Å². The van der Waals surface area contributed by atoms with Crippen LogP contribution in [0.4, 0.5) is 0 Å². The summed E-state index contributed by atoms with van der Waals surface area (Å²) in [5, 5.41) is 0. The van der Waals surface area contributed by atoms with E-state index in [0.29, 0.717) is 12.2 Å². The average Bonchev–Trinajstić information content (AvgIpc) is 2.79. The van der Waals surface area contributed by atoms with Gasteiger partial charge in [-0.1, -0.05) is 52.4 Å². The Bertz CT molecular complexity index is 673. The summed E-state index contributed by atoms with van der Waals surface area (Å²) in [5.41, 5.74) is 0.597. The lowest BCUT2D eigenvalue weighted by molar-refractivity contribution is 0.0109. The third-order valence-electron chi connectivity index (χ3n) is 7.40. The number of carbonyl (C=O) groups is 1. The zero-order valence-corrected chi connectivity index (χ0v) is 21.1. The predicted molar refractivity (Wildman–Crippen MR) is 131 cm³/mol. The van der Waals surface area contributed by atoms with E-state index >= 15 is 0 Å². The lowest BCUT2D eigenvalue weighted by atomic mass is 9.70. The first-order valence-corrected chi connectivity index (χ1v) is 13.5. The van der Waals surface area contributed by atoms with E-state index < -0.39 is 0 Å². The molecule has 4 heteroatoms. The van der Waals surface area contributed by atoms with Crippen molar-refractivity contribution in [2.45, 2.75) is 103 Å². The highest BCUT2D eigenvalue weighted by Gasteiger charge is 2.32. The molecule has 1 aromatic carbocycles. The first-order valence-electron chi connectivity index (χ1n) is 12.7. The summed E-state index contributed by atoms with van der Waals surface area (Å²) in [6.07, 6.45) is 16.8. The molecule has 0 saturated heterocycles. The number of rotatable bonds is 10. The van der Waals surface area contributed by atoms with Crippen LogP contribution < -0.4 is 4.74 Å². The summed E-state index contributed by atoms with van der Waals surface area (Å²) < 4.78 is 12.3. The van der Waals surface area contributed by atoms with E-state index in [4.69, 9.17) is 9.47 Å². The predicted octanol–water partition coefficient (Wildman–Crippen LogP) is 8.34. The topological polar surface area (TPSA) is 35.5 Å². The summed E-state index contributed by atoms with van der Waals surface area (Å²) in [5.74, 6) is 3.30. The molecule has 3 rings (SSSR count). The maximum absolute atomic E-state index is 12.6. The molecule has 2 aliphatic carbocycles. The Morgan fingerprint density at radius 3 is 2.23 bits per heavy atom. The molecular formula is C27H41BrO3. The molecule has 2 saturated carbocycles. The Hall–Kier alpha value is -1.03. The van der Waals surface area contributed by atoms with Crippen molar-refractivity contribution in [1.82, 2.24) is 0 Å².